The number of rotatable bonds is 3. The van der Waals surface area contributed by atoms with Gasteiger partial charge in [0.05, 0.1) is 0 Å². The van der Waals surface area contributed by atoms with E-state index in [1.807, 2.05) is 11.8 Å². The van der Waals surface area contributed by atoms with Gasteiger partial charge in [-0.15, -0.1) is 0 Å². The Bertz CT molecular complexity index is 2600. The van der Waals surface area contributed by atoms with E-state index in [1.54, 1.807) is 0 Å². The minimum absolute atomic E-state index is 1.23. The lowest BCUT2D eigenvalue weighted by Crippen LogP contribution is -1.94. The molecule has 9 aromatic carbocycles. The maximum Gasteiger partial charge on any atom is 0.0213 e. The molecule has 0 nitrogen and oxygen atoms in total. The molecule has 45 heavy (non-hydrogen) atoms. The summed E-state index contributed by atoms with van der Waals surface area (Å²) in [4.78, 5) is 2.65. The minimum Gasteiger partial charge on any atom is -0.0888 e. The summed E-state index contributed by atoms with van der Waals surface area (Å²) < 4.78 is 0. The highest BCUT2D eigenvalue weighted by atomic mass is 32.2. The molecule has 0 N–H and O–H groups in total. The zero-order valence-electron chi connectivity index (χ0n) is 24.4. The van der Waals surface area contributed by atoms with E-state index in [0.29, 0.717) is 0 Å². The van der Waals surface area contributed by atoms with Gasteiger partial charge in [-0.3, -0.25) is 0 Å². The Balaban J connectivity index is 1.23. The third kappa shape index (κ3) is 3.81. The van der Waals surface area contributed by atoms with Gasteiger partial charge in [-0.25, -0.2) is 0 Å². The van der Waals surface area contributed by atoms with Gasteiger partial charge in [-0.05, 0) is 119 Å². The highest BCUT2D eigenvalue weighted by Crippen LogP contribution is 2.49. The van der Waals surface area contributed by atoms with E-state index in [4.69, 9.17) is 0 Å². The van der Waals surface area contributed by atoms with Crippen LogP contribution in [0.2, 0.25) is 0 Å². The molecular formula is C44H26S. The number of benzene rings is 9. The van der Waals surface area contributed by atoms with Crippen LogP contribution in [0.4, 0.5) is 0 Å². The second-order valence-electron chi connectivity index (χ2n) is 12.1. The van der Waals surface area contributed by atoms with Crippen LogP contribution in [0.3, 0.4) is 0 Å². The molecule has 0 fully saturated rings. The fourth-order valence-electron chi connectivity index (χ4n) is 7.49. The summed E-state index contributed by atoms with van der Waals surface area (Å²) in [6.45, 7) is 0. The van der Waals surface area contributed by atoms with Crippen LogP contribution in [0.15, 0.2) is 168 Å². The number of fused-ring (bicyclic) bond motifs is 2. The average molecular weight is 587 g/mol. The largest absolute Gasteiger partial charge is 0.0888 e. The van der Waals surface area contributed by atoms with Gasteiger partial charge in [0.25, 0.3) is 0 Å². The summed E-state index contributed by atoms with van der Waals surface area (Å²) in [7, 11) is 0. The summed E-state index contributed by atoms with van der Waals surface area (Å²) in [6, 6.07) is 58.6. The molecule has 0 bridgehead atoms. The second-order valence-corrected chi connectivity index (χ2v) is 13.2. The first kappa shape index (κ1) is 25.0. The molecule has 0 saturated heterocycles. The first-order valence-electron chi connectivity index (χ1n) is 15.5. The lowest BCUT2D eigenvalue weighted by Gasteiger charge is -2.21. The van der Waals surface area contributed by atoms with Crippen LogP contribution in [0.25, 0.3) is 87.6 Å². The number of hydrogen-bond acceptors (Lipinski definition) is 1. The fourth-order valence-corrected chi connectivity index (χ4v) is 8.68. The Kier molecular flexibility index (Phi) is 5.31. The molecule has 0 unspecified atom stereocenters. The highest BCUT2D eigenvalue weighted by Gasteiger charge is 2.20. The first-order valence-corrected chi connectivity index (χ1v) is 16.3. The molecule has 208 valence electrons. The molecule has 0 aliphatic carbocycles. The summed E-state index contributed by atoms with van der Waals surface area (Å²) in [5, 5.41) is 10.5. The van der Waals surface area contributed by atoms with Crippen molar-refractivity contribution in [3.05, 3.63) is 158 Å². The molecule has 0 spiro atoms. The second kappa shape index (κ2) is 9.56. The van der Waals surface area contributed by atoms with Crippen molar-refractivity contribution in [3.8, 4) is 44.5 Å². The van der Waals surface area contributed by atoms with Crippen molar-refractivity contribution >= 4 is 54.9 Å². The van der Waals surface area contributed by atoms with Gasteiger partial charge in [-0.2, -0.15) is 0 Å². The minimum atomic E-state index is 1.23. The van der Waals surface area contributed by atoms with Crippen LogP contribution in [0.1, 0.15) is 0 Å². The average Bonchev–Trinajstić information content (AvgIpc) is 3.11. The van der Waals surface area contributed by atoms with Gasteiger partial charge in [-0.1, -0.05) is 133 Å². The van der Waals surface area contributed by atoms with E-state index >= 15 is 0 Å². The van der Waals surface area contributed by atoms with E-state index in [1.165, 1.54) is 97.4 Å². The van der Waals surface area contributed by atoms with Crippen molar-refractivity contribution in [2.45, 2.75) is 9.79 Å². The standard InChI is InChI=1S/C44H26S/c1-2-8-27(9-3-1)32-23-33(34-22-31-12-7-14-38-37-13-4-5-15-40(37)45-41(26-34)43(31)38)25-35(24-32)36-20-18-30-17-16-28-10-6-11-29-19-21-39(36)44(30)42(28)29/h1-26H. The van der Waals surface area contributed by atoms with Crippen LogP contribution in [-0.4, -0.2) is 0 Å². The molecule has 0 saturated carbocycles. The number of hydrogen-bond donors (Lipinski definition) is 0. The van der Waals surface area contributed by atoms with Gasteiger partial charge in [0.1, 0.15) is 0 Å². The van der Waals surface area contributed by atoms with E-state index < -0.39 is 0 Å². The van der Waals surface area contributed by atoms with Crippen LogP contribution >= 0.6 is 11.8 Å². The van der Waals surface area contributed by atoms with E-state index in [-0.39, 0.29) is 0 Å². The zero-order valence-corrected chi connectivity index (χ0v) is 25.2. The van der Waals surface area contributed by atoms with Gasteiger partial charge in [0.15, 0.2) is 0 Å². The Labute approximate surface area is 265 Å². The highest BCUT2D eigenvalue weighted by molar-refractivity contribution is 7.99. The fraction of sp³-hybridized carbons (Fsp3) is 0. The van der Waals surface area contributed by atoms with Crippen molar-refractivity contribution in [3.63, 3.8) is 0 Å². The monoisotopic (exact) mass is 586 g/mol. The summed E-state index contributed by atoms with van der Waals surface area (Å²) >= 11 is 1.89. The molecule has 1 aliphatic heterocycles. The van der Waals surface area contributed by atoms with Crippen LogP contribution < -0.4 is 0 Å². The van der Waals surface area contributed by atoms with E-state index in [2.05, 4.69) is 158 Å². The normalized spacial score (nSPS) is 12.4. The Morgan fingerprint density at radius 3 is 1.78 bits per heavy atom. The predicted octanol–water partition coefficient (Wildman–Crippen LogP) is 12.9. The van der Waals surface area contributed by atoms with E-state index in [0.717, 1.165) is 0 Å². The van der Waals surface area contributed by atoms with E-state index in [9.17, 15) is 0 Å². The smallest absolute Gasteiger partial charge is 0.0213 e. The lowest BCUT2D eigenvalue weighted by atomic mass is 9.87. The molecule has 0 atom stereocenters. The maximum atomic E-state index is 2.41. The van der Waals surface area contributed by atoms with Gasteiger partial charge < -0.3 is 0 Å². The topological polar surface area (TPSA) is 0 Å². The quantitative estimate of drug-likeness (QED) is 0.186. The molecule has 10 rings (SSSR count). The lowest BCUT2D eigenvalue weighted by molar-refractivity contribution is 1.40. The van der Waals surface area contributed by atoms with Gasteiger partial charge in [0.2, 0.25) is 0 Å². The van der Waals surface area contributed by atoms with Crippen molar-refractivity contribution in [1.29, 1.82) is 0 Å². The summed E-state index contributed by atoms with van der Waals surface area (Å²) in [6.07, 6.45) is 0. The predicted molar refractivity (Wildman–Crippen MR) is 194 cm³/mol. The van der Waals surface area contributed by atoms with Gasteiger partial charge in [0, 0.05) is 15.2 Å². The molecule has 0 aromatic heterocycles. The Hall–Kier alpha value is -5.37. The maximum absolute atomic E-state index is 2.41. The molecule has 1 aliphatic rings. The van der Waals surface area contributed by atoms with Gasteiger partial charge >= 0.3 is 0 Å². The van der Waals surface area contributed by atoms with Crippen LogP contribution in [-0.2, 0) is 0 Å². The van der Waals surface area contributed by atoms with Crippen LogP contribution in [0.5, 0.6) is 0 Å². The Morgan fingerprint density at radius 2 is 0.911 bits per heavy atom. The molecule has 1 heteroatoms. The van der Waals surface area contributed by atoms with Crippen molar-refractivity contribution in [1.82, 2.24) is 0 Å². The summed E-state index contributed by atoms with van der Waals surface area (Å²) in [5.41, 5.74) is 10.1. The van der Waals surface area contributed by atoms with Crippen molar-refractivity contribution in [2.24, 2.45) is 0 Å². The van der Waals surface area contributed by atoms with Crippen molar-refractivity contribution < 1.29 is 0 Å². The first-order chi connectivity index (χ1) is 22.3. The third-order valence-corrected chi connectivity index (χ3v) is 10.7. The third-order valence-electron chi connectivity index (χ3n) is 9.55. The summed E-state index contributed by atoms with van der Waals surface area (Å²) in [5.74, 6) is 0. The molecular weight excluding hydrogens is 561 g/mol. The molecule has 9 aromatic rings. The zero-order chi connectivity index (χ0) is 29.5. The van der Waals surface area contributed by atoms with Crippen molar-refractivity contribution in [2.75, 3.05) is 0 Å². The van der Waals surface area contributed by atoms with Crippen LogP contribution in [0, 0.1) is 0 Å². The Morgan fingerprint density at radius 1 is 0.289 bits per heavy atom. The molecule has 0 radical (unpaired) electrons. The molecule has 0 amide bonds. The SMILES string of the molecule is c1ccc(-c2cc(-c3cc4c5c(cccc5c3)-c3ccccc3S4)cc(-c3ccc4ccc5cccc6ccc3c4c56)c2)cc1. The molecule has 1 heterocycles.